The van der Waals surface area contributed by atoms with E-state index in [0.29, 0.717) is 0 Å². The van der Waals surface area contributed by atoms with Crippen LogP contribution in [0, 0.1) is 41.5 Å². The van der Waals surface area contributed by atoms with E-state index in [2.05, 4.69) is 102 Å². The summed E-state index contributed by atoms with van der Waals surface area (Å²) in [4.78, 5) is 9.65. The van der Waals surface area contributed by atoms with Gasteiger partial charge in [0.1, 0.15) is 0 Å². The molecule has 4 rings (SSSR count). The third-order valence-electron chi connectivity index (χ3n) is 5.28. The summed E-state index contributed by atoms with van der Waals surface area (Å²) in [5, 5.41) is 0. The first-order chi connectivity index (χ1) is 14.3. The summed E-state index contributed by atoms with van der Waals surface area (Å²) in [7, 11) is 0. The van der Waals surface area contributed by atoms with Crippen LogP contribution in [0.3, 0.4) is 0 Å². The maximum atomic E-state index is 4.82. The van der Waals surface area contributed by atoms with Crippen LogP contribution in [0.15, 0.2) is 60.7 Å². The minimum atomic E-state index is 0.915. The number of benzene rings is 2. The van der Waals surface area contributed by atoms with E-state index in [1.807, 2.05) is 0 Å². The van der Waals surface area contributed by atoms with Crippen molar-refractivity contribution in [2.24, 2.45) is 0 Å². The molecule has 2 nitrogen and oxygen atoms in total. The molecule has 2 heterocycles. The van der Waals surface area contributed by atoms with Crippen LogP contribution in [0.4, 0.5) is 0 Å². The molecule has 0 amide bonds. The topological polar surface area (TPSA) is 25.8 Å². The van der Waals surface area contributed by atoms with Gasteiger partial charge < -0.3 is 0 Å². The molecule has 0 fully saturated rings. The number of aryl methyl sites for hydroxylation is 6. The molecule has 150 valence electrons. The highest BCUT2D eigenvalue weighted by molar-refractivity contribution is 5.74. The van der Waals surface area contributed by atoms with Gasteiger partial charge in [-0.3, -0.25) is 9.97 Å². The van der Waals surface area contributed by atoms with Crippen LogP contribution in [0.2, 0.25) is 0 Å². The second-order valence-corrected chi connectivity index (χ2v) is 8.52. The number of pyridine rings is 2. The molecule has 0 N–H and O–H groups in total. The SMILES string of the molecule is Cc1cc(C)cc(-c2cc(C)nc(-c3cc(-c4cc(C)cc(C)c4)cc(C)n3)c2)c1. The van der Waals surface area contributed by atoms with Gasteiger partial charge in [0.2, 0.25) is 0 Å². The number of nitrogens with zero attached hydrogens (tertiary/aromatic N) is 2. The molecular weight excluding hydrogens is 364 g/mol. The average molecular weight is 393 g/mol. The third kappa shape index (κ3) is 4.33. The first-order valence-corrected chi connectivity index (χ1v) is 10.4. The lowest BCUT2D eigenvalue weighted by atomic mass is 9.98. The molecule has 2 aromatic heterocycles. The Morgan fingerprint density at radius 3 is 1.00 bits per heavy atom. The van der Waals surface area contributed by atoms with E-state index < -0.39 is 0 Å². The molecule has 2 heteroatoms. The lowest BCUT2D eigenvalue weighted by Gasteiger charge is -2.12. The van der Waals surface area contributed by atoms with Gasteiger partial charge in [-0.15, -0.1) is 0 Å². The lowest BCUT2D eigenvalue weighted by molar-refractivity contribution is 1.15. The Kier molecular flexibility index (Phi) is 5.26. The molecule has 0 atom stereocenters. The van der Waals surface area contributed by atoms with E-state index in [1.165, 1.54) is 44.5 Å². The molecule has 0 unspecified atom stereocenters. The highest BCUT2D eigenvalue weighted by atomic mass is 14.8. The van der Waals surface area contributed by atoms with Crippen LogP contribution in [0.5, 0.6) is 0 Å². The van der Waals surface area contributed by atoms with Gasteiger partial charge in [-0.2, -0.15) is 0 Å². The van der Waals surface area contributed by atoms with Gasteiger partial charge in [0.05, 0.1) is 11.4 Å². The van der Waals surface area contributed by atoms with E-state index >= 15 is 0 Å². The number of rotatable bonds is 3. The van der Waals surface area contributed by atoms with Gasteiger partial charge >= 0.3 is 0 Å². The Hall–Kier alpha value is -3.26. The van der Waals surface area contributed by atoms with E-state index in [-0.39, 0.29) is 0 Å². The standard InChI is InChI=1S/C28H28N2/c1-17-7-18(2)10-23(9-17)25-13-21(5)29-27(15-25)28-16-26(14-22(6)30-28)24-11-19(3)8-20(4)12-24/h7-16H,1-6H3. The number of hydrogen-bond donors (Lipinski definition) is 0. The quantitative estimate of drug-likeness (QED) is 0.365. The van der Waals surface area contributed by atoms with Gasteiger partial charge in [-0.25, -0.2) is 0 Å². The Bertz CT molecular complexity index is 1110. The van der Waals surface area contributed by atoms with Gasteiger partial charge in [0.25, 0.3) is 0 Å². The molecule has 4 aromatic rings. The fourth-order valence-corrected chi connectivity index (χ4v) is 4.22. The summed E-state index contributed by atoms with van der Waals surface area (Å²) >= 11 is 0. The predicted molar refractivity (Wildman–Crippen MR) is 127 cm³/mol. The highest BCUT2D eigenvalue weighted by Crippen LogP contribution is 2.30. The summed E-state index contributed by atoms with van der Waals surface area (Å²) in [6.07, 6.45) is 0. The summed E-state index contributed by atoms with van der Waals surface area (Å²) in [6.45, 7) is 12.7. The second-order valence-electron chi connectivity index (χ2n) is 8.52. The Morgan fingerprint density at radius 1 is 0.367 bits per heavy atom. The molecule has 0 aliphatic heterocycles. The summed E-state index contributed by atoms with van der Waals surface area (Å²) in [5.74, 6) is 0. The van der Waals surface area contributed by atoms with Crippen molar-refractivity contribution >= 4 is 0 Å². The zero-order valence-electron chi connectivity index (χ0n) is 18.7. The summed E-state index contributed by atoms with van der Waals surface area (Å²) in [5.41, 5.74) is 13.7. The summed E-state index contributed by atoms with van der Waals surface area (Å²) in [6, 6.07) is 22.0. The van der Waals surface area contributed by atoms with Crippen LogP contribution in [-0.2, 0) is 0 Å². The highest BCUT2D eigenvalue weighted by Gasteiger charge is 2.10. The third-order valence-corrected chi connectivity index (χ3v) is 5.28. The van der Waals surface area contributed by atoms with Crippen molar-refractivity contribution in [3.8, 4) is 33.6 Å². The zero-order chi connectivity index (χ0) is 21.4. The molecule has 0 radical (unpaired) electrons. The molecule has 2 aromatic carbocycles. The van der Waals surface area contributed by atoms with Crippen molar-refractivity contribution in [1.29, 1.82) is 0 Å². The van der Waals surface area contributed by atoms with Crippen molar-refractivity contribution in [3.63, 3.8) is 0 Å². The molecule has 0 bridgehead atoms. The maximum Gasteiger partial charge on any atom is 0.0895 e. The minimum absolute atomic E-state index is 0.915. The van der Waals surface area contributed by atoms with E-state index in [1.54, 1.807) is 0 Å². The fourth-order valence-electron chi connectivity index (χ4n) is 4.22. The molecule has 0 spiro atoms. The molecule has 0 saturated carbocycles. The minimum Gasteiger partial charge on any atom is -0.251 e. The average Bonchev–Trinajstić information content (AvgIpc) is 2.65. The van der Waals surface area contributed by atoms with Crippen LogP contribution in [0.25, 0.3) is 33.6 Å². The van der Waals surface area contributed by atoms with Crippen molar-refractivity contribution in [1.82, 2.24) is 9.97 Å². The maximum absolute atomic E-state index is 4.82. The zero-order valence-corrected chi connectivity index (χ0v) is 18.7. The Balaban J connectivity index is 1.85. The van der Waals surface area contributed by atoms with E-state index in [4.69, 9.17) is 9.97 Å². The van der Waals surface area contributed by atoms with Crippen LogP contribution in [-0.4, -0.2) is 9.97 Å². The molecule has 0 aliphatic rings. The monoisotopic (exact) mass is 392 g/mol. The molecular formula is C28H28N2. The Morgan fingerprint density at radius 2 is 0.667 bits per heavy atom. The first-order valence-electron chi connectivity index (χ1n) is 10.4. The van der Waals surface area contributed by atoms with Crippen molar-refractivity contribution in [3.05, 3.63) is 94.3 Å². The van der Waals surface area contributed by atoms with Gasteiger partial charge in [-0.1, -0.05) is 58.7 Å². The van der Waals surface area contributed by atoms with Crippen molar-refractivity contribution < 1.29 is 0 Å². The largest absolute Gasteiger partial charge is 0.251 e. The number of hydrogen-bond acceptors (Lipinski definition) is 2. The van der Waals surface area contributed by atoms with Crippen molar-refractivity contribution in [2.75, 3.05) is 0 Å². The smallest absolute Gasteiger partial charge is 0.0895 e. The van der Waals surface area contributed by atoms with Gasteiger partial charge in [0, 0.05) is 11.4 Å². The van der Waals surface area contributed by atoms with Crippen LogP contribution < -0.4 is 0 Å². The van der Waals surface area contributed by atoms with E-state index in [0.717, 1.165) is 22.8 Å². The van der Waals surface area contributed by atoms with E-state index in [9.17, 15) is 0 Å². The van der Waals surface area contributed by atoms with Crippen molar-refractivity contribution in [2.45, 2.75) is 41.5 Å². The molecule has 0 aliphatic carbocycles. The normalized spacial score (nSPS) is 11.0. The number of aromatic nitrogens is 2. The Labute approximate surface area is 179 Å². The fraction of sp³-hybridized carbons (Fsp3) is 0.214. The molecule has 0 saturated heterocycles. The van der Waals surface area contributed by atoms with Crippen LogP contribution >= 0.6 is 0 Å². The van der Waals surface area contributed by atoms with Gasteiger partial charge in [-0.05, 0) is 88.1 Å². The first kappa shape index (κ1) is 20.0. The predicted octanol–water partition coefficient (Wildman–Crippen LogP) is 7.33. The second kappa shape index (κ2) is 7.87. The van der Waals surface area contributed by atoms with Crippen LogP contribution in [0.1, 0.15) is 33.6 Å². The lowest BCUT2D eigenvalue weighted by Crippen LogP contribution is -1.95. The molecule has 30 heavy (non-hydrogen) atoms. The van der Waals surface area contributed by atoms with Gasteiger partial charge in [0.15, 0.2) is 0 Å². The summed E-state index contributed by atoms with van der Waals surface area (Å²) < 4.78 is 0.